The van der Waals surface area contributed by atoms with Crippen molar-refractivity contribution in [2.45, 2.75) is 12.8 Å². The molecule has 0 spiro atoms. The maximum atomic E-state index is 10.7. The summed E-state index contributed by atoms with van der Waals surface area (Å²) in [5, 5.41) is 11.1. The highest BCUT2D eigenvalue weighted by molar-refractivity contribution is 7.85. The van der Waals surface area contributed by atoms with Crippen LogP contribution in [0.3, 0.4) is 0 Å². The summed E-state index contributed by atoms with van der Waals surface area (Å²) in [7, 11) is -3.67. The van der Waals surface area contributed by atoms with E-state index in [4.69, 9.17) is 9.81 Å². The molecule has 0 aromatic heterocycles. The molecule has 8 heteroatoms. The van der Waals surface area contributed by atoms with Crippen molar-refractivity contribution < 1.29 is 27.9 Å². The average molecular weight is 241 g/mol. The summed E-state index contributed by atoms with van der Waals surface area (Å²) < 4.78 is 25.9. The lowest BCUT2D eigenvalue weighted by Crippen LogP contribution is -2.32. The van der Waals surface area contributed by atoms with Crippen LogP contribution in [0.4, 0.5) is 0 Å². The van der Waals surface area contributed by atoms with E-state index in [1.165, 1.54) is 0 Å². The van der Waals surface area contributed by atoms with Crippen molar-refractivity contribution in [3.63, 3.8) is 0 Å². The second kappa shape index (κ2) is 6.72. The van der Waals surface area contributed by atoms with Crippen molar-refractivity contribution in [3.8, 4) is 0 Å². The highest BCUT2D eigenvalue weighted by Gasteiger charge is 2.22. The number of carbonyl (C=O) groups excluding carboxylic acids is 1. The fourth-order valence-corrected chi connectivity index (χ4v) is 1.13. The third kappa shape index (κ3) is 9.60. The van der Waals surface area contributed by atoms with Gasteiger partial charge < -0.3 is 10.2 Å². The Morgan fingerprint density at radius 3 is 2.13 bits per heavy atom. The van der Waals surface area contributed by atoms with Crippen LogP contribution in [-0.2, 0) is 19.8 Å². The molecule has 3 N–H and O–H groups in total. The molecule has 0 unspecified atom stereocenters. The number of piperidine rings is 1. The highest BCUT2D eigenvalue weighted by atomic mass is 32.2. The number of hydrogen-bond donors (Lipinski definition) is 3. The molecule has 0 aromatic rings. The molecule has 0 radical (unpaired) electrons. The monoisotopic (exact) mass is 241 g/mol. The molecule has 0 aromatic carbocycles. The topological polar surface area (TPSA) is 113 Å². The minimum Gasteiger partial charge on any atom is -0.317 e. The van der Waals surface area contributed by atoms with Crippen LogP contribution in [0.15, 0.2) is 0 Å². The van der Waals surface area contributed by atoms with Gasteiger partial charge >= 0.3 is 5.97 Å². The largest absolute Gasteiger partial charge is 0.345 e. The van der Waals surface area contributed by atoms with E-state index in [0.717, 1.165) is 25.9 Å². The van der Waals surface area contributed by atoms with Crippen molar-refractivity contribution in [2.75, 3.05) is 19.3 Å². The fraction of sp³-hybridized carbons (Fsp3) is 0.857. The first-order valence-corrected chi connectivity index (χ1v) is 6.18. The van der Waals surface area contributed by atoms with E-state index < -0.39 is 16.1 Å². The minimum absolute atomic E-state index is 0.105. The third-order valence-corrected chi connectivity index (χ3v) is 1.76. The lowest BCUT2D eigenvalue weighted by molar-refractivity contribution is -0.239. The Labute approximate surface area is 88.1 Å². The van der Waals surface area contributed by atoms with E-state index in [1.54, 1.807) is 0 Å². The van der Waals surface area contributed by atoms with Crippen molar-refractivity contribution in [1.29, 1.82) is 0 Å². The smallest absolute Gasteiger partial charge is 0.317 e. The summed E-state index contributed by atoms with van der Waals surface area (Å²) in [4.78, 5) is 14.3. The molecule has 0 bridgehead atoms. The molecule has 7 nitrogen and oxygen atoms in total. The number of nitrogens with one attached hydrogen (secondary N) is 1. The molecule has 0 atom stereocenters. The molecule has 0 amide bonds. The summed E-state index contributed by atoms with van der Waals surface area (Å²) in [6.07, 6.45) is 2.24. The molecule has 1 heterocycles. The van der Waals surface area contributed by atoms with E-state index in [-0.39, 0.29) is 5.92 Å². The molecule has 0 aliphatic carbocycles. The summed E-state index contributed by atoms with van der Waals surface area (Å²) in [5.74, 6) is -0.604. The Hall–Kier alpha value is -0.700. The highest BCUT2D eigenvalue weighted by Crippen LogP contribution is 2.12. The zero-order chi connectivity index (χ0) is 11.9. The van der Waals surface area contributed by atoms with Gasteiger partial charge in [-0.1, -0.05) is 0 Å². The first-order valence-electron chi connectivity index (χ1n) is 4.33. The molecule has 90 valence electrons. The third-order valence-electron chi connectivity index (χ3n) is 1.76. The Morgan fingerprint density at radius 2 is 1.80 bits per heavy atom. The van der Waals surface area contributed by atoms with Crippen molar-refractivity contribution in [3.05, 3.63) is 0 Å². The van der Waals surface area contributed by atoms with Crippen LogP contribution in [0.25, 0.3) is 0 Å². The SMILES string of the molecule is CS(=O)(=O)O.O=C(OO)C1CCNCC1. The average Bonchev–Trinajstić information content (AvgIpc) is 2.15. The maximum Gasteiger partial charge on any atom is 0.345 e. The van der Waals surface area contributed by atoms with Crippen LogP contribution < -0.4 is 5.32 Å². The van der Waals surface area contributed by atoms with Gasteiger partial charge in [-0.05, 0) is 25.9 Å². The predicted octanol–water partition coefficient (Wildman–Crippen LogP) is -0.494. The van der Waals surface area contributed by atoms with Gasteiger partial charge in [0.15, 0.2) is 0 Å². The molecule has 1 aliphatic heterocycles. The summed E-state index contributed by atoms with van der Waals surface area (Å²) in [6, 6.07) is 0. The standard InChI is InChI=1S/C6H11NO3.CH4O3S/c8-6(10-9)5-1-3-7-4-2-5;1-5(2,3)4/h5,7,9H,1-4H2;1H3,(H,2,3,4). The fourth-order valence-electron chi connectivity index (χ4n) is 1.13. The number of rotatable bonds is 1. The molecular formula is C7H15NO6S. The Morgan fingerprint density at radius 1 is 1.40 bits per heavy atom. The zero-order valence-electron chi connectivity index (χ0n) is 8.34. The maximum absolute atomic E-state index is 10.7. The van der Waals surface area contributed by atoms with E-state index in [1.807, 2.05) is 0 Å². The molecule has 15 heavy (non-hydrogen) atoms. The molecule has 1 saturated heterocycles. The van der Waals surface area contributed by atoms with Gasteiger partial charge in [-0.25, -0.2) is 4.79 Å². The van der Waals surface area contributed by atoms with Gasteiger partial charge in [-0.15, -0.1) is 0 Å². The van der Waals surface area contributed by atoms with Gasteiger partial charge in [0, 0.05) is 0 Å². The van der Waals surface area contributed by atoms with Crippen molar-refractivity contribution in [1.82, 2.24) is 5.32 Å². The van der Waals surface area contributed by atoms with Crippen LogP contribution in [0.5, 0.6) is 0 Å². The number of carbonyl (C=O) groups is 1. The normalized spacial score (nSPS) is 17.5. The Balaban J connectivity index is 0.000000336. The van der Waals surface area contributed by atoms with Gasteiger partial charge in [0.1, 0.15) is 0 Å². The van der Waals surface area contributed by atoms with Crippen molar-refractivity contribution >= 4 is 16.1 Å². The van der Waals surface area contributed by atoms with Gasteiger partial charge in [-0.2, -0.15) is 13.7 Å². The predicted molar refractivity (Wildman–Crippen MR) is 51.8 cm³/mol. The van der Waals surface area contributed by atoms with Crippen LogP contribution in [0, 0.1) is 5.92 Å². The Bertz CT molecular complexity index is 274. The summed E-state index contributed by atoms with van der Waals surface area (Å²) >= 11 is 0. The summed E-state index contributed by atoms with van der Waals surface area (Å²) in [6.45, 7) is 1.67. The first-order chi connectivity index (χ1) is 6.84. The van der Waals surface area contributed by atoms with Gasteiger partial charge in [0.25, 0.3) is 10.1 Å². The van der Waals surface area contributed by atoms with Gasteiger partial charge in [-0.3, -0.25) is 4.55 Å². The zero-order valence-corrected chi connectivity index (χ0v) is 9.16. The quantitative estimate of drug-likeness (QED) is 0.322. The van der Waals surface area contributed by atoms with Gasteiger partial charge in [0.05, 0.1) is 12.2 Å². The lowest BCUT2D eigenvalue weighted by atomic mass is 9.99. The molecule has 1 aliphatic rings. The Kier molecular flexibility index (Phi) is 6.41. The summed E-state index contributed by atoms with van der Waals surface area (Å²) in [5.41, 5.74) is 0. The molecule has 1 rings (SSSR count). The molecule has 0 saturated carbocycles. The number of hydrogen-bond acceptors (Lipinski definition) is 6. The molecule has 1 fully saturated rings. The van der Waals surface area contributed by atoms with Crippen LogP contribution in [0.2, 0.25) is 0 Å². The van der Waals surface area contributed by atoms with Crippen LogP contribution in [0.1, 0.15) is 12.8 Å². The van der Waals surface area contributed by atoms with Gasteiger partial charge in [0.2, 0.25) is 0 Å². The van der Waals surface area contributed by atoms with Crippen molar-refractivity contribution in [2.24, 2.45) is 5.92 Å². The second-order valence-corrected chi connectivity index (χ2v) is 4.63. The van der Waals surface area contributed by atoms with E-state index in [9.17, 15) is 13.2 Å². The lowest BCUT2D eigenvalue weighted by Gasteiger charge is -2.18. The van der Waals surface area contributed by atoms with E-state index in [0.29, 0.717) is 6.26 Å². The van der Waals surface area contributed by atoms with E-state index in [2.05, 4.69) is 10.2 Å². The first kappa shape index (κ1) is 14.3. The molecular weight excluding hydrogens is 226 g/mol. The minimum atomic E-state index is -3.67. The van der Waals surface area contributed by atoms with E-state index >= 15 is 0 Å². The second-order valence-electron chi connectivity index (χ2n) is 3.17. The van der Waals surface area contributed by atoms with Crippen LogP contribution in [-0.4, -0.2) is 43.5 Å². The van der Waals surface area contributed by atoms with Crippen LogP contribution >= 0.6 is 0 Å².